The minimum absolute atomic E-state index is 0.0228. The molecular weight excluding hydrogens is 320 g/mol. The van der Waals surface area contributed by atoms with Gasteiger partial charge in [-0.25, -0.2) is 8.42 Å². The average Bonchev–Trinajstić information content (AvgIpc) is 2.96. The maximum Gasteiger partial charge on any atom is 0.211 e. The molecule has 0 saturated carbocycles. The predicted octanol–water partition coefficient (Wildman–Crippen LogP) is -0.0833. The lowest BCUT2D eigenvalue weighted by molar-refractivity contribution is -0.0958. The highest BCUT2D eigenvalue weighted by molar-refractivity contribution is 7.88. The number of sulfonamides is 1. The molecule has 23 heavy (non-hydrogen) atoms. The molecule has 0 bridgehead atoms. The van der Waals surface area contributed by atoms with E-state index < -0.39 is 10.0 Å². The first kappa shape index (κ1) is 17.6. The smallest absolute Gasteiger partial charge is 0.211 e. The highest BCUT2D eigenvalue weighted by atomic mass is 32.2. The molecule has 0 aromatic carbocycles. The van der Waals surface area contributed by atoms with Crippen molar-refractivity contribution in [3.8, 4) is 0 Å². The Hall–Kier alpha value is -0.250. The highest BCUT2D eigenvalue weighted by Crippen LogP contribution is 2.32. The van der Waals surface area contributed by atoms with Crippen molar-refractivity contribution in [2.24, 2.45) is 0 Å². The van der Waals surface area contributed by atoms with E-state index in [1.807, 2.05) is 0 Å². The standard InChI is InChI=1S/C15H28N2O5S/c1-23(18,19)17-5-4-15-14(17)3-2-13(22-15)12-21-11-8-16-6-9-20-10-7-16/h13-15H,2-12H2,1H3/t13-,14+,15+/m1/s1. The zero-order valence-electron chi connectivity index (χ0n) is 13.9. The van der Waals surface area contributed by atoms with Gasteiger partial charge in [-0.05, 0) is 19.3 Å². The van der Waals surface area contributed by atoms with Crippen molar-refractivity contribution in [3.63, 3.8) is 0 Å². The molecule has 0 radical (unpaired) electrons. The van der Waals surface area contributed by atoms with Crippen LogP contribution in [-0.2, 0) is 24.2 Å². The Balaban J connectivity index is 1.36. The summed E-state index contributed by atoms with van der Waals surface area (Å²) in [5.74, 6) is 0. The molecule has 0 spiro atoms. The summed E-state index contributed by atoms with van der Waals surface area (Å²) in [6.45, 7) is 6.42. The third-order valence-electron chi connectivity index (χ3n) is 4.97. The monoisotopic (exact) mass is 348 g/mol. The molecule has 0 aliphatic carbocycles. The van der Waals surface area contributed by atoms with Crippen molar-refractivity contribution >= 4 is 10.0 Å². The second-order valence-electron chi connectivity index (χ2n) is 6.63. The van der Waals surface area contributed by atoms with Crippen LogP contribution in [-0.4, -0.2) is 94.7 Å². The van der Waals surface area contributed by atoms with E-state index in [-0.39, 0.29) is 18.2 Å². The number of hydrogen-bond donors (Lipinski definition) is 0. The minimum Gasteiger partial charge on any atom is -0.379 e. The maximum absolute atomic E-state index is 11.8. The van der Waals surface area contributed by atoms with Crippen LogP contribution in [0.1, 0.15) is 19.3 Å². The summed E-state index contributed by atoms with van der Waals surface area (Å²) in [4.78, 5) is 2.35. The maximum atomic E-state index is 11.8. The largest absolute Gasteiger partial charge is 0.379 e. The Labute approximate surface area is 138 Å². The van der Waals surface area contributed by atoms with E-state index in [0.717, 1.165) is 52.1 Å². The molecule has 3 aliphatic rings. The van der Waals surface area contributed by atoms with E-state index in [1.54, 1.807) is 4.31 Å². The summed E-state index contributed by atoms with van der Waals surface area (Å²) in [5, 5.41) is 0. The second-order valence-corrected chi connectivity index (χ2v) is 8.57. The van der Waals surface area contributed by atoms with Crippen LogP contribution in [0.5, 0.6) is 0 Å². The van der Waals surface area contributed by atoms with E-state index in [0.29, 0.717) is 19.8 Å². The van der Waals surface area contributed by atoms with Gasteiger partial charge >= 0.3 is 0 Å². The van der Waals surface area contributed by atoms with Gasteiger partial charge < -0.3 is 14.2 Å². The first-order valence-electron chi connectivity index (χ1n) is 8.54. The third kappa shape index (κ3) is 4.64. The fourth-order valence-electron chi connectivity index (χ4n) is 3.73. The molecule has 0 aromatic rings. The number of ether oxygens (including phenoxy) is 3. The molecule has 3 fully saturated rings. The molecule has 8 heteroatoms. The number of fused-ring (bicyclic) bond motifs is 1. The molecule has 3 aliphatic heterocycles. The molecule has 3 heterocycles. The lowest BCUT2D eigenvalue weighted by atomic mass is 10.0. The number of nitrogens with zero attached hydrogens (tertiary/aromatic N) is 2. The summed E-state index contributed by atoms with van der Waals surface area (Å²) in [5.41, 5.74) is 0. The molecule has 0 N–H and O–H groups in total. The molecule has 0 unspecified atom stereocenters. The van der Waals surface area contributed by atoms with E-state index in [4.69, 9.17) is 14.2 Å². The van der Waals surface area contributed by atoms with Crippen LogP contribution in [0.3, 0.4) is 0 Å². The first-order chi connectivity index (χ1) is 11.0. The summed E-state index contributed by atoms with van der Waals surface area (Å²) < 4.78 is 42.3. The fraction of sp³-hybridized carbons (Fsp3) is 1.00. The molecule has 0 amide bonds. The van der Waals surface area contributed by atoms with Crippen molar-refractivity contribution in [1.82, 2.24) is 9.21 Å². The summed E-state index contributed by atoms with van der Waals surface area (Å²) >= 11 is 0. The summed E-state index contributed by atoms with van der Waals surface area (Å²) in [7, 11) is -3.12. The van der Waals surface area contributed by atoms with Crippen LogP contribution in [0.15, 0.2) is 0 Å². The van der Waals surface area contributed by atoms with E-state index in [1.165, 1.54) is 6.26 Å². The quantitative estimate of drug-likeness (QED) is 0.625. The molecule has 3 atom stereocenters. The zero-order valence-corrected chi connectivity index (χ0v) is 14.7. The molecular formula is C15H28N2O5S. The average molecular weight is 348 g/mol. The molecule has 3 saturated heterocycles. The van der Waals surface area contributed by atoms with Gasteiger partial charge in [0.1, 0.15) is 0 Å². The van der Waals surface area contributed by atoms with Gasteiger partial charge in [-0.15, -0.1) is 0 Å². The number of hydrogen-bond acceptors (Lipinski definition) is 6. The van der Waals surface area contributed by atoms with Crippen LogP contribution in [0, 0.1) is 0 Å². The van der Waals surface area contributed by atoms with Crippen LogP contribution in [0.2, 0.25) is 0 Å². The molecule has 7 nitrogen and oxygen atoms in total. The van der Waals surface area contributed by atoms with Gasteiger partial charge in [0.25, 0.3) is 0 Å². The van der Waals surface area contributed by atoms with Crippen molar-refractivity contribution in [3.05, 3.63) is 0 Å². The van der Waals surface area contributed by atoms with Crippen LogP contribution >= 0.6 is 0 Å². The van der Waals surface area contributed by atoms with Crippen molar-refractivity contribution in [2.75, 3.05) is 58.9 Å². The van der Waals surface area contributed by atoms with Gasteiger partial charge in [0.2, 0.25) is 10.0 Å². The molecule has 0 aromatic heterocycles. The zero-order chi connectivity index (χ0) is 16.3. The first-order valence-corrected chi connectivity index (χ1v) is 10.4. The lowest BCUT2D eigenvalue weighted by Gasteiger charge is -2.35. The molecule has 134 valence electrons. The van der Waals surface area contributed by atoms with E-state index in [9.17, 15) is 8.42 Å². The SMILES string of the molecule is CS(=O)(=O)N1CC[C@@H]2O[C@@H](COCCN3CCOCC3)CC[C@@H]21. The van der Waals surface area contributed by atoms with Crippen LogP contribution < -0.4 is 0 Å². The van der Waals surface area contributed by atoms with Gasteiger partial charge in [-0.3, -0.25) is 4.90 Å². The lowest BCUT2D eigenvalue weighted by Crippen LogP contribution is -2.45. The summed E-state index contributed by atoms with van der Waals surface area (Å²) in [6, 6.07) is 0.0228. The third-order valence-corrected chi connectivity index (χ3v) is 6.28. The van der Waals surface area contributed by atoms with Gasteiger partial charge in [0.05, 0.1) is 50.9 Å². The number of rotatable bonds is 6. The van der Waals surface area contributed by atoms with Crippen LogP contribution in [0.25, 0.3) is 0 Å². The normalized spacial score (nSPS) is 33.7. The predicted molar refractivity (Wildman–Crippen MR) is 85.9 cm³/mol. The van der Waals surface area contributed by atoms with Crippen LogP contribution in [0.4, 0.5) is 0 Å². The Morgan fingerprint density at radius 2 is 1.91 bits per heavy atom. The highest BCUT2D eigenvalue weighted by Gasteiger charge is 2.43. The fourth-order valence-corrected chi connectivity index (χ4v) is 4.90. The van der Waals surface area contributed by atoms with E-state index >= 15 is 0 Å². The molecule has 3 rings (SSSR count). The van der Waals surface area contributed by atoms with Crippen molar-refractivity contribution < 1.29 is 22.6 Å². The Morgan fingerprint density at radius 3 is 2.65 bits per heavy atom. The van der Waals surface area contributed by atoms with Crippen molar-refractivity contribution in [2.45, 2.75) is 37.5 Å². The van der Waals surface area contributed by atoms with Gasteiger partial charge in [0.15, 0.2) is 0 Å². The Bertz CT molecular complexity index is 480. The number of morpholine rings is 1. The second kappa shape index (κ2) is 7.76. The Morgan fingerprint density at radius 1 is 1.13 bits per heavy atom. The minimum atomic E-state index is -3.12. The van der Waals surface area contributed by atoms with Gasteiger partial charge in [-0.1, -0.05) is 0 Å². The topological polar surface area (TPSA) is 68.3 Å². The Kier molecular flexibility index (Phi) is 5.92. The summed E-state index contributed by atoms with van der Waals surface area (Å²) in [6.07, 6.45) is 3.95. The van der Waals surface area contributed by atoms with Gasteiger partial charge in [-0.2, -0.15) is 4.31 Å². The van der Waals surface area contributed by atoms with E-state index in [2.05, 4.69) is 4.90 Å². The van der Waals surface area contributed by atoms with Crippen molar-refractivity contribution in [1.29, 1.82) is 0 Å². The van der Waals surface area contributed by atoms with Gasteiger partial charge in [0, 0.05) is 26.2 Å².